The summed E-state index contributed by atoms with van der Waals surface area (Å²) in [5, 5.41) is 0. The Labute approximate surface area is 131 Å². The molecule has 3 rings (SSSR count). The smallest absolute Gasteiger partial charge is 0.0462 e. The Hall–Kier alpha value is -2.98. The van der Waals surface area contributed by atoms with E-state index >= 15 is 0 Å². The molecule has 0 radical (unpaired) electrons. The van der Waals surface area contributed by atoms with Gasteiger partial charge in [-0.2, -0.15) is 0 Å². The molecule has 0 aliphatic carbocycles. The van der Waals surface area contributed by atoms with Crippen LogP contribution in [0, 0.1) is 11.8 Å². The maximum absolute atomic E-state index is 3.08. The fourth-order valence-corrected chi connectivity index (χ4v) is 2.44. The Kier molecular flexibility index (Phi) is 4.22. The average Bonchev–Trinajstić information content (AvgIpc) is 2.59. The van der Waals surface area contributed by atoms with Gasteiger partial charge in [-0.3, -0.25) is 0 Å². The first-order valence-corrected chi connectivity index (χ1v) is 7.31. The van der Waals surface area contributed by atoms with Crippen molar-refractivity contribution in [2.45, 2.75) is 6.92 Å². The van der Waals surface area contributed by atoms with E-state index in [0.717, 1.165) is 22.6 Å². The third-order valence-electron chi connectivity index (χ3n) is 3.42. The molecule has 1 nitrogen and oxygen atoms in total. The van der Waals surface area contributed by atoms with Crippen LogP contribution in [0.1, 0.15) is 12.5 Å². The topological polar surface area (TPSA) is 3.24 Å². The molecule has 0 unspecified atom stereocenters. The number of para-hydroxylation sites is 2. The van der Waals surface area contributed by atoms with E-state index in [0.29, 0.717) is 0 Å². The minimum atomic E-state index is 1.03. The molecule has 0 fully saturated rings. The summed E-state index contributed by atoms with van der Waals surface area (Å²) < 4.78 is 0. The second kappa shape index (κ2) is 6.65. The van der Waals surface area contributed by atoms with Crippen molar-refractivity contribution in [2.75, 3.05) is 4.90 Å². The highest BCUT2D eigenvalue weighted by molar-refractivity contribution is 5.76. The zero-order valence-corrected chi connectivity index (χ0v) is 12.5. The molecule has 0 saturated heterocycles. The van der Waals surface area contributed by atoms with Crippen LogP contribution in [0.15, 0.2) is 84.9 Å². The van der Waals surface area contributed by atoms with E-state index < -0.39 is 0 Å². The normalized spacial score (nSPS) is 9.68. The van der Waals surface area contributed by atoms with E-state index in [9.17, 15) is 0 Å². The Balaban J connectivity index is 2.07. The summed E-state index contributed by atoms with van der Waals surface area (Å²) in [5.41, 5.74) is 4.44. The molecule has 3 aromatic carbocycles. The van der Waals surface area contributed by atoms with Crippen molar-refractivity contribution in [3.63, 3.8) is 0 Å². The fourth-order valence-electron chi connectivity index (χ4n) is 2.44. The van der Waals surface area contributed by atoms with Crippen LogP contribution >= 0.6 is 0 Å². The molecule has 22 heavy (non-hydrogen) atoms. The van der Waals surface area contributed by atoms with Crippen molar-refractivity contribution in [2.24, 2.45) is 0 Å². The van der Waals surface area contributed by atoms with Crippen molar-refractivity contribution in [3.05, 3.63) is 90.5 Å². The molecule has 0 spiro atoms. The molecule has 0 saturated carbocycles. The van der Waals surface area contributed by atoms with Gasteiger partial charge >= 0.3 is 0 Å². The SMILES string of the molecule is CC#Cc1ccc(N(c2ccccc2)c2ccccc2)cc1. The second-order valence-electron chi connectivity index (χ2n) is 4.93. The summed E-state index contributed by atoms with van der Waals surface area (Å²) in [7, 11) is 0. The molecule has 0 heterocycles. The summed E-state index contributed by atoms with van der Waals surface area (Å²) >= 11 is 0. The van der Waals surface area contributed by atoms with Crippen LogP contribution in [0.25, 0.3) is 0 Å². The average molecular weight is 283 g/mol. The zero-order valence-electron chi connectivity index (χ0n) is 12.5. The molecule has 0 aromatic heterocycles. The molecule has 0 bridgehead atoms. The van der Waals surface area contributed by atoms with Gasteiger partial charge in [0.05, 0.1) is 0 Å². The molecule has 106 valence electrons. The minimum absolute atomic E-state index is 1.03. The van der Waals surface area contributed by atoms with Crippen LogP contribution in [0.5, 0.6) is 0 Å². The lowest BCUT2D eigenvalue weighted by Crippen LogP contribution is -2.09. The highest BCUT2D eigenvalue weighted by Crippen LogP contribution is 2.33. The van der Waals surface area contributed by atoms with Gasteiger partial charge in [0, 0.05) is 22.6 Å². The quantitative estimate of drug-likeness (QED) is 0.571. The molecule has 0 amide bonds. The third-order valence-corrected chi connectivity index (χ3v) is 3.42. The maximum atomic E-state index is 3.08. The summed E-state index contributed by atoms with van der Waals surface area (Å²) in [6, 6.07) is 29.1. The van der Waals surface area contributed by atoms with Crippen LogP contribution in [0.2, 0.25) is 0 Å². The number of rotatable bonds is 3. The van der Waals surface area contributed by atoms with Gasteiger partial charge in [0.25, 0.3) is 0 Å². The van der Waals surface area contributed by atoms with Gasteiger partial charge in [-0.1, -0.05) is 42.3 Å². The van der Waals surface area contributed by atoms with E-state index in [-0.39, 0.29) is 0 Å². The van der Waals surface area contributed by atoms with Gasteiger partial charge in [0.2, 0.25) is 0 Å². The number of anilines is 3. The van der Waals surface area contributed by atoms with Crippen molar-refractivity contribution in [3.8, 4) is 11.8 Å². The standard InChI is InChI=1S/C21H17N/c1-2-9-18-14-16-21(17-15-18)22(19-10-5-3-6-11-19)20-12-7-4-8-13-20/h3-8,10-17H,1H3. The highest BCUT2D eigenvalue weighted by Gasteiger charge is 2.10. The van der Waals surface area contributed by atoms with Crippen molar-refractivity contribution < 1.29 is 0 Å². The largest absolute Gasteiger partial charge is 0.311 e. The first-order chi connectivity index (χ1) is 10.9. The predicted octanol–water partition coefficient (Wildman–Crippen LogP) is 5.53. The maximum Gasteiger partial charge on any atom is 0.0462 e. The van der Waals surface area contributed by atoms with E-state index in [1.165, 1.54) is 0 Å². The monoisotopic (exact) mass is 283 g/mol. The third kappa shape index (κ3) is 3.02. The van der Waals surface area contributed by atoms with Crippen molar-refractivity contribution in [1.29, 1.82) is 0 Å². The first kappa shape index (κ1) is 14.0. The molecule has 1 heteroatoms. The lowest BCUT2D eigenvalue weighted by molar-refractivity contribution is 1.28. The second-order valence-corrected chi connectivity index (χ2v) is 4.93. The summed E-state index contributed by atoms with van der Waals surface area (Å²) in [5.74, 6) is 6.02. The van der Waals surface area contributed by atoms with Gasteiger partial charge in [-0.25, -0.2) is 0 Å². The number of hydrogen-bond donors (Lipinski definition) is 0. The molecular weight excluding hydrogens is 266 g/mol. The van der Waals surface area contributed by atoms with E-state index in [4.69, 9.17) is 0 Å². The molecule has 0 aliphatic heterocycles. The number of hydrogen-bond acceptors (Lipinski definition) is 1. The Morgan fingerprint density at radius 3 is 1.50 bits per heavy atom. The lowest BCUT2D eigenvalue weighted by atomic mass is 10.1. The van der Waals surface area contributed by atoms with E-state index in [2.05, 4.69) is 89.5 Å². The van der Waals surface area contributed by atoms with Gasteiger partial charge in [-0.15, -0.1) is 5.92 Å². The van der Waals surface area contributed by atoms with E-state index in [1.807, 2.05) is 19.1 Å². The highest BCUT2D eigenvalue weighted by atomic mass is 15.1. The van der Waals surface area contributed by atoms with Gasteiger partial charge < -0.3 is 4.90 Å². The number of benzene rings is 3. The molecule has 0 N–H and O–H groups in total. The van der Waals surface area contributed by atoms with Gasteiger partial charge in [-0.05, 0) is 55.5 Å². The Morgan fingerprint density at radius 1 is 0.591 bits per heavy atom. The number of nitrogens with zero attached hydrogens (tertiary/aromatic N) is 1. The zero-order chi connectivity index (χ0) is 15.2. The fraction of sp³-hybridized carbons (Fsp3) is 0.0476. The minimum Gasteiger partial charge on any atom is -0.311 e. The first-order valence-electron chi connectivity index (χ1n) is 7.31. The van der Waals surface area contributed by atoms with Crippen molar-refractivity contribution in [1.82, 2.24) is 0 Å². The van der Waals surface area contributed by atoms with E-state index in [1.54, 1.807) is 0 Å². The van der Waals surface area contributed by atoms with Crippen LogP contribution in [-0.2, 0) is 0 Å². The van der Waals surface area contributed by atoms with Crippen LogP contribution < -0.4 is 4.90 Å². The molecule has 0 aliphatic rings. The van der Waals surface area contributed by atoms with Gasteiger partial charge in [0.15, 0.2) is 0 Å². The van der Waals surface area contributed by atoms with Crippen molar-refractivity contribution >= 4 is 17.1 Å². The van der Waals surface area contributed by atoms with Crippen LogP contribution in [0.4, 0.5) is 17.1 Å². The summed E-state index contributed by atoms with van der Waals surface area (Å²) in [6.07, 6.45) is 0. The van der Waals surface area contributed by atoms with Crippen LogP contribution in [0.3, 0.4) is 0 Å². The van der Waals surface area contributed by atoms with Crippen LogP contribution in [-0.4, -0.2) is 0 Å². The summed E-state index contributed by atoms with van der Waals surface area (Å²) in [6.45, 7) is 1.86. The lowest BCUT2D eigenvalue weighted by Gasteiger charge is -2.25. The Bertz CT molecular complexity index is 739. The van der Waals surface area contributed by atoms with Gasteiger partial charge in [0.1, 0.15) is 0 Å². The summed E-state index contributed by atoms with van der Waals surface area (Å²) in [4.78, 5) is 2.24. The molecular formula is C21H17N. The molecule has 0 atom stereocenters. The molecule has 3 aromatic rings. The Morgan fingerprint density at radius 2 is 1.05 bits per heavy atom. The predicted molar refractivity (Wildman–Crippen MR) is 93.7 cm³/mol.